The van der Waals surface area contributed by atoms with Gasteiger partial charge in [-0.1, -0.05) is 6.92 Å². The third-order valence-electron chi connectivity index (χ3n) is 5.14. The van der Waals surface area contributed by atoms with Gasteiger partial charge in [0.15, 0.2) is 0 Å². The van der Waals surface area contributed by atoms with Crippen molar-refractivity contribution in [2.75, 3.05) is 52.5 Å². The van der Waals surface area contributed by atoms with Crippen LogP contribution in [0.1, 0.15) is 40.5 Å². The second-order valence-electron chi connectivity index (χ2n) is 7.15. The molecule has 0 spiro atoms. The smallest absolute Gasteiger partial charge is 0.255 e. The summed E-state index contributed by atoms with van der Waals surface area (Å²) in [5.74, 6) is 0.445. The summed E-state index contributed by atoms with van der Waals surface area (Å²) in [4.78, 5) is 33.2. The van der Waals surface area contributed by atoms with Crippen molar-refractivity contribution in [3.05, 3.63) is 29.6 Å². The highest BCUT2D eigenvalue weighted by Crippen LogP contribution is 2.18. The number of hydrogen-bond acceptors (Lipinski definition) is 5. The van der Waals surface area contributed by atoms with Gasteiger partial charge in [0.2, 0.25) is 0 Å². The molecule has 2 amide bonds. The van der Waals surface area contributed by atoms with Crippen molar-refractivity contribution >= 4 is 11.8 Å². The Morgan fingerprint density at radius 2 is 1.85 bits per heavy atom. The first-order valence-electron chi connectivity index (χ1n) is 9.46. The highest BCUT2D eigenvalue weighted by Gasteiger charge is 2.22. The van der Waals surface area contributed by atoms with Crippen LogP contribution in [0, 0.1) is 5.92 Å². The second-order valence-corrected chi connectivity index (χ2v) is 7.15. The minimum absolute atomic E-state index is 0.0348. The van der Waals surface area contributed by atoms with Gasteiger partial charge in [0, 0.05) is 51.7 Å². The van der Waals surface area contributed by atoms with E-state index in [1.54, 1.807) is 12.3 Å². The van der Waals surface area contributed by atoms with Crippen LogP contribution in [0.5, 0.6) is 0 Å². The van der Waals surface area contributed by atoms with Gasteiger partial charge in [0.25, 0.3) is 11.8 Å². The normalized spacial score (nSPS) is 19.3. The predicted octanol–water partition coefficient (Wildman–Crippen LogP) is 1.02. The summed E-state index contributed by atoms with van der Waals surface area (Å²) in [6.07, 6.45) is 5.12. The number of ether oxygens (including phenoxy) is 1. The number of carbonyl (C=O) groups is 2. The molecule has 3 rings (SSSR count). The maximum absolute atomic E-state index is 12.6. The van der Waals surface area contributed by atoms with Crippen LogP contribution in [0.2, 0.25) is 0 Å². The fourth-order valence-electron chi connectivity index (χ4n) is 3.33. The van der Waals surface area contributed by atoms with Crippen molar-refractivity contribution in [1.82, 2.24) is 20.1 Å². The van der Waals surface area contributed by atoms with E-state index in [1.807, 2.05) is 4.90 Å². The number of aromatic nitrogens is 1. The molecule has 0 saturated carbocycles. The van der Waals surface area contributed by atoms with Crippen LogP contribution in [0.15, 0.2) is 18.5 Å². The highest BCUT2D eigenvalue weighted by molar-refractivity contribution is 5.99. The summed E-state index contributed by atoms with van der Waals surface area (Å²) in [5, 5.41) is 2.91. The number of amides is 2. The summed E-state index contributed by atoms with van der Waals surface area (Å²) in [6.45, 7) is 8.42. The Hall–Kier alpha value is -1.99. The molecule has 2 aliphatic heterocycles. The summed E-state index contributed by atoms with van der Waals surface area (Å²) in [6, 6.07) is 1.65. The third-order valence-corrected chi connectivity index (χ3v) is 5.14. The molecule has 3 heterocycles. The molecule has 1 aromatic heterocycles. The molecule has 7 nitrogen and oxygen atoms in total. The van der Waals surface area contributed by atoms with Crippen molar-refractivity contribution in [3.63, 3.8) is 0 Å². The van der Waals surface area contributed by atoms with Gasteiger partial charge in [-0.25, -0.2) is 0 Å². The molecule has 7 heteroatoms. The summed E-state index contributed by atoms with van der Waals surface area (Å²) >= 11 is 0. The molecule has 1 aromatic rings. The molecule has 0 aromatic carbocycles. The fraction of sp³-hybridized carbons (Fsp3) is 0.632. The summed E-state index contributed by atoms with van der Waals surface area (Å²) in [5.41, 5.74) is 0.920. The number of carbonyl (C=O) groups excluding carboxylic acids is 2. The van der Waals surface area contributed by atoms with Crippen LogP contribution >= 0.6 is 0 Å². The number of morpholine rings is 1. The molecule has 142 valence electrons. The van der Waals surface area contributed by atoms with Crippen molar-refractivity contribution in [1.29, 1.82) is 0 Å². The van der Waals surface area contributed by atoms with Crippen molar-refractivity contribution in [3.8, 4) is 0 Å². The van der Waals surface area contributed by atoms with Gasteiger partial charge in [-0.05, 0) is 24.8 Å². The van der Waals surface area contributed by atoms with Crippen LogP contribution < -0.4 is 5.32 Å². The molecule has 0 aliphatic carbocycles. The Bertz CT molecular complexity index is 623. The molecular weight excluding hydrogens is 332 g/mol. The van der Waals surface area contributed by atoms with Crippen LogP contribution in [0.4, 0.5) is 0 Å². The van der Waals surface area contributed by atoms with Gasteiger partial charge < -0.3 is 15.0 Å². The molecule has 0 bridgehead atoms. The SMILES string of the molecule is CC1CCN(C(=O)c2cncc(C(=O)NCCN3CCOCC3)c2)CC1. The lowest BCUT2D eigenvalue weighted by atomic mass is 9.98. The Labute approximate surface area is 154 Å². The maximum Gasteiger partial charge on any atom is 0.255 e. The van der Waals surface area contributed by atoms with Crippen molar-refractivity contribution in [2.24, 2.45) is 5.92 Å². The van der Waals surface area contributed by atoms with Crippen molar-refractivity contribution in [2.45, 2.75) is 19.8 Å². The number of nitrogens with zero attached hydrogens (tertiary/aromatic N) is 3. The lowest BCUT2D eigenvalue weighted by molar-refractivity contribution is 0.0383. The Morgan fingerprint density at radius 3 is 2.58 bits per heavy atom. The zero-order valence-electron chi connectivity index (χ0n) is 15.4. The first-order chi connectivity index (χ1) is 12.6. The van der Waals surface area contributed by atoms with Crippen molar-refractivity contribution < 1.29 is 14.3 Å². The van der Waals surface area contributed by atoms with Crippen LogP contribution in [0.25, 0.3) is 0 Å². The quantitative estimate of drug-likeness (QED) is 0.848. The maximum atomic E-state index is 12.6. The van der Waals surface area contributed by atoms with E-state index >= 15 is 0 Å². The van der Waals surface area contributed by atoms with Gasteiger partial charge >= 0.3 is 0 Å². The number of pyridine rings is 1. The average Bonchev–Trinajstić information content (AvgIpc) is 2.69. The van der Waals surface area contributed by atoms with E-state index in [1.165, 1.54) is 6.20 Å². The number of rotatable bonds is 5. The minimum Gasteiger partial charge on any atom is -0.379 e. The molecule has 0 radical (unpaired) electrons. The number of piperidine rings is 1. The topological polar surface area (TPSA) is 74.8 Å². The van der Waals surface area contributed by atoms with E-state index < -0.39 is 0 Å². The summed E-state index contributed by atoms with van der Waals surface area (Å²) < 4.78 is 5.31. The molecule has 2 saturated heterocycles. The van der Waals surface area contributed by atoms with E-state index in [4.69, 9.17) is 4.74 Å². The first kappa shape index (κ1) is 18.8. The lowest BCUT2D eigenvalue weighted by Gasteiger charge is -2.30. The van der Waals surface area contributed by atoms with E-state index in [9.17, 15) is 9.59 Å². The zero-order chi connectivity index (χ0) is 18.4. The second kappa shape index (κ2) is 9.09. The Morgan fingerprint density at radius 1 is 1.15 bits per heavy atom. The minimum atomic E-state index is -0.187. The molecule has 0 unspecified atom stereocenters. The highest BCUT2D eigenvalue weighted by atomic mass is 16.5. The predicted molar refractivity (Wildman–Crippen MR) is 98.1 cm³/mol. The van der Waals surface area contributed by atoms with Gasteiger partial charge in [0.1, 0.15) is 0 Å². The van der Waals surface area contributed by atoms with E-state index in [0.717, 1.165) is 58.8 Å². The lowest BCUT2D eigenvalue weighted by Crippen LogP contribution is -2.41. The van der Waals surface area contributed by atoms with E-state index in [0.29, 0.717) is 23.6 Å². The monoisotopic (exact) mass is 360 g/mol. The van der Waals surface area contributed by atoms with Gasteiger partial charge in [-0.3, -0.25) is 19.5 Å². The number of nitrogens with one attached hydrogen (secondary N) is 1. The standard InChI is InChI=1S/C19H28N4O3/c1-15-2-5-23(6-3-15)19(25)17-12-16(13-20-14-17)18(24)21-4-7-22-8-10-26-11-9-22/h12-15H,2-11H2,1H3,(H,21,24). The molecular formula is C19H28N4O3. The average molecular weight is 360 g/mol. The van der Waals surface area contributed by atoms with E-state index in [-0.39, 0.29) is 11.8 Å². The Kier molecular flexibility index (Phi) is 6.57. The number of likely N-dealkylation sites (tertiary alicyclic amines) is 1. The van der Waals surface area contributed by atoms with Gasteiger partial charge in [-0.15, -0.1) is 0 Å². The third kappa shape index (κ3) is 5.02. The largest absolute Gasteiger partial charge is 0.379 e. The first-order valence-corrected chi connectivity index (χ1v) is 9.46. The summed E-state index contributed by atoms with van der Waals surface area (Å²) in [7, 11) is 0. The van der Waals surface area contributed by atoms with Crippen LogP contribution in [-0.2, 0) is 4.74 Å². The molecule has 2 fully saturated rings. The Balaban J connectivity index is 1.52. The number of hydrogen-bond donors (Lipinski definition) is 1. The molecule has 1 N–H and O–H groups in total. The van der Waals surface area contributed by atoms with E-state index in [2.05, 4.69) is 22.1 Å². The molecule has 2 aliphatic rings. The molecule has 26 heavy (non-hydrogen) atoms. The van der Waals surface area contributed by atoms with Crippen LogP contribution in [0.3, 0.4) is 0 Å². The molecule has 0 atom stereocenters. The van der Waals surface area contributed by atoms with Gasteiger partial charge in [0.05, 0.1) is 24.3 Å². The zero-order valence-corrected chi connectivity index (χ0v) is 15.4. The fourth-order valence-corrected chi connectivity index (χ4v) is 3.33. The van der Waals surface area contributed by atoms with Crippen LogP contribution in [-0.4, -0.2) is 79.1 Å². The van der Waals surface area contributed by atoms with Gasteiger partial charge in [-0.2, -0.15) is 0 Å².